The highest BCUT2D eigenvalue weighted by Gasteiger charge is 2.38. The third-order valence-corrected chi connectivity index (χ3v) is 3.82. The van der Waals surface area contributed by atoms with Gasteiger partial charge in [0.15, 0.2) is 0 Å². The Morgan fingerprint density at radius 3 is 2.50 bits per heavy atom. The lowest BCUT2D eigenvalue weighted by molar-refractivity contribution is 0.492. The van der Waals surface area contributed by atoms with Crippen LogP contribution in [0.2, 0.25) is 0 Å². The topological polar surface area (TPSA) is 49.8 Å². The van der Waals surface area contributed by atoms with Crippen LogP contribution in [0.5, 0.6) is 0 Å². The number of anilines is 2. The van der Waals surface area contributed by atoms with Crippen LogP contribution >= 0.6 is 15.9 Å². The van der Waals surface area contributed by atoms with E-state index in [0.29, 0.717) is 0 Å². The predicted octanol–water partition coefficient (Wildman–Crippen LogP) is 2.88. The van der Waals surface area contributed by atoms with Crippen molar-refractivity contribution in [2.75, 3.05) is 17.7 Å². The first-order chi connectivity index (χ1) is 7.54. The van der Waals surface area contributed by atoms with Gasteiger partial charge < -0.3 is 10.6 Å². The molecule has 0 atom stereocenters. The smallest absolute Gasteiger partial charge is 0.146 e. The Morgan fingerprint density at radius 1 is 1.31 bits per heavy atom. The molecule has 1 aliphatic carbocycles. The summed E-state index contributed by atoms with van der Waals surface area (Å²) in [6.07, 6.45) is 4.19. The summed E-state index contributed by atoms with van der Waals surface area (Å²) in [5.41, 5.74) is 0.0991. The molecule has 0 aliphatic heterocycles. The van der Waals surface area contributed by atoms with E-state index in [9.17, 15) is 0 Å². The van der Waals surface area contributed by atoms with Crippen molar-refractivity contribution in [1.29, 1.82) is 0 Å². The largest absolute Gasteiger partial charge is 0.372 e. The lowest BCUT2D eigenvalue weighted by Crippen LogP contribution is -2.33. The Morgan fingerprint density at radius 2 is 1.94 bits per heavy atom. The summed E-state index contributed by atoms with van der Waals surface area (Å²) in [6, 6.07) is 0. The summed E-state index contributed by atoms with van der Waals surface area (Å²) in [4.78, 5) is 8.41. The quantitative estimate of drug-likeness (QED) is 0.893. The van der Waals surface area contributed by atoms with Crippen LogP contribution in [0.1, 0.15) is 26.7 Å². The maximum absolute atomic E-state index is 4.27. The standard InChI is InChI=1S/C11H17BrN4/c1-11(2,7-4-5-7)16-10-8(12)9(13-3)14-6-15-10/h6-7H,4-5H2,1-3H3,(H2,13,14,15,16). The average Bonchev–Trinajstić information content (AvgIpc) is 3.04. The highest BCUT2D eigenvalue weighted by molar-refractivity contribution is 9.10. The molecule has 0 aromatic carbocycles. The molecule has 1 aromatic rings. The minimum absolute atomic E-state index is 0.0991. The Bertz CT molecular complexity index is 388. The van der Waals surface area contributed by atoms with Crippen LogP contribution in [0.4, 0.5) is 11.6 Å². The molecule has 2 rings (SSSR count). The fourth-order valence-corrected chi connectivity index (χ4v) is 2.35. The van der Waals surface area contributed by atoms with Gasteiger partial charge in [-0.15, -0.1) is 0 Å². The third-order valence-electron chi connectivity index (χ3n) is 3.06. The lowest BCUT2D eigenvalue weighted by Gasteiger charge is -2.27. The zero-order chi connectivity index (χ0) is 11.8. The van der Waals surface area contributed by atoms with Gasteiger partial charge in [-0.3, -0.25) is 0 Å². The van der Waals surface area contributed by atoms with Crippen molar-refractivity contribution >= 4 is 27.6 Å². The molecule has 0 unspecified atom stereocenters. The molecule has 0 bridgehead atoms. The normalized spacial score (nSPS) is 16.0. The average molecular weight is 285 g/mol. The Balaban J connectivity index is 2.20. The second-order valence-electron chi connectivity index (χ2n) is 4.76. The highest BCUT2D eigenvalue weighted by atomic mass is 79.9. The molecule has 0 saturated heterocycles. The van der Waals surface area contributed by atoms with E-state index in [2.05, 4.69) is 50.4 Å². The fourth-order valence-electron chi connectivity index (χ4n) is 1.84. The van der Waals surface area contributed by atoms with Gasteiger partial charge in [0.2, 0.25) is 0 Å². The summed E-state index contributed by atoms with van der Waals surface area (Å²) < 4.78 is 0.895. The van der Waals surface area contributed by atoms with Crippen LogP contribution in [-0.2, 0) is 0 Å². The maximum Gasteiger partial charge on any atom is 0.146 e. The molecular formula is C11H17BrN4. The number of halogens is 1. The van der Waals surface area contributed by atoms with Crippen molar-refractivity contribution in [1.82, 2.24) is 9.97 Å². The lowest BCUT2D eigenvalue weighted by atomic mass is 9.99. The van der Waals surface area contributed by atoms with Crippen molar-refractivity contribution < 1.29 is 0 Å². The van der Waals surface area contributed by atoms with Crippen LogP contribution in [0.3, 0.4) is 0 Å². The summed E-state index contributed by atoms with van der Waals surface area (Å²) in [5.74, 6) is 2.42. The van der Waals surface area contributed by atoms with Crippen molar-refractivity contribution in [2.45, 2.75) is 32.2 Å². The summed E-state index contributed by atoms with van der Waals surface area (Å²) >= 11 is 3.51. The molecule has 4 nitrogen and oxygen atoms in total. The third kappa shape index (κ3) is 2.29. The highest BCUT2D eigenvalue weighted by Crippen LogP contribution is 2.42. The van der Waals surface area contributed by atoms with Crippen molar-refractivity contribution in [3.63, 3.8) is 0 Å². The molecule has 0 spiro atoms. The summed E-state index contributed by atoms with van der Waals surface area (Å²) in [7, 11) is 1.85. The van der Waals surface area contributed by atoms with Gasteiger partial charge in [0.1, 0.15) is 22.4 Å². The van der Waals surface area contributed by atoms with E-state index in [1.165, 1.54) is 12.8 Å². The number of hydrogen-bond acceptors (Lipinski definition) is 4. The molecule has 0 radical (unpaired) electrons. The molecular weight excluding hydrogens is 268 g/mol. The molecule has 1 aliphatic rings. The minimum atomic E-state index is 0.0991. The Kier molecular flexibility index (Phi) is 3.06. The Hall–Kier alpha value is -0.840. The molecule has 16 heavy (non-hydrogen) atoms. The second kappa shape index (κ2) is 4.20. The first-order valence-electron chi connectivity index (χ1n) is 5.51. The summed E-state index contributed by atoms with van der Waals surface area (Å²) in [6.45, 7) is 4.44. The molecule has 1 aromatic heterocycles. The van der Waals surface area contributed by atoms with E-state index in [4.69, 9.17) is 0 Å². The Labute approximate surface area is 104 Å². The number of nitrogens with zero attached hydrogens (tertiary/aromatic N) is 2. The van der Waals surface area contributed by atoms with E-state index in [1.807, 2.05) is 7.05 Å². The molecule has 2 N–H and O–H groups in total. The monoisotopic (exact) mass is 284 g/mol. The SMILES string of the molecule is CNc1ncnc(NC(C)(C)C2CC2)c1Br. The van der Waals surface area contributed by atoms with Crippen molar-refractivity contribution in [2.24, 2.45) is 5.92 Å². The van der Waals surface area contributed by atoms with Crippen LogP contribution in [0.25, 0.3) is 0 Å². The molecule has 1 heterocycles. The van der Waals surface area contributed by atoms with E-state index in [1.54, 1.807) is 6.33 Å². The zero-order valence-electron chi connectivity index (χ0n) is 9.84. The number of nitrogens with one attached hydrogen (secondary N) is 2. The summed E-state index contributed by atoms with van der Waals surface area (Å²) in [5, 5.41) is 6.51. The van der Waals surface area contributed by atoms with Gasteiger partial charge in [-0.2, -0.15) is 0 Å². The first-order valence-corrected chi connectivity index (χ1v) is 6.30. The predicted molar refractivity (Wildman–Crippen MR) is 69.7 cm³/mol. The number of aromatic nitrogens is 2. The van der Waals surface area contributed by atoms with Crippen molar-refractivity contribution in [3.05, 3.63) is 10.8 Å². The maximum atomic E-state index is 4.27. The fraction of sp³-hybridized carbons (Fsp3) is 0.636. The van der Waals surface area contributed by atoms with Crippen LogP contribution in [-0.4, -0.2) is 22.6 Å². The molecule has 1 saturated carbocycles. The van der Waals surface area contributed by atoms with Crippen LogP contribution in [0, 0.1) is 5.92 Å². The van der Waals surface area contributed by atoms with Gasteiger partial charge in [-0.1, -0.05) is 0 Å². The van der Waals surface area contributed by atoms with E-state index < -0.39 is 0 Å². The van der Waals surface area contributed by atoms with E-state index in [-0.39, 0.29) is 5.54 Å². The number of rotatable bonds is 4. The van der Waals surface area contributed by atoms with Crippen LogP contribution in [0.15, 0.2) is 10.8 Å². The van der Waals surface area contributed by atoms with E-state index in [0.717, 1.165) is 22.0 Å². The van der Waals surface area contributed by atoms with Gasteiger partial charge in [-0.05, 0) is 48.5 Å². The zero-order valence-corrected chi connectivity index (χ0v) is 11.4. The first kappa shape index (κ1) is 11.6. The van der Waals surface area contributed by atoms with Crippen LogP contribution < -0.4 is 10.6 Å². The van der Waals surface area contributed by atoms with Crippen molar-refractivity contribution in [3.8, 4) is 0 Å². The van der Waals surface area contributed by atoms with Gasteiger partial charge >= 0.3 is 0 Å². The molecule has 0 amide bonds. The van der Waals surface area contributed by atoms with Gasteiger partial charge in [-0.25, -0.2) is 9.97 Å². The number of hydrogen-bond donors (Lipinski definition) is 2. The van der Waals surface area contributed by atoms with Gasteiger partial charge in [0.05, 0.1) is 0 Å². The molecule has 88 valence electrons. The van der Waals surface area contributed by atoms with Gasteiger partial charge in [0, 0.05) is 12.6 Å². The second-order valence-corrected chi connectivity index (χ2v) is 5.55. The van der Waals surface area contributed by atoms with Gasteiger partial charge in [0.25, 0.3) is 0 Å². The minimum Gasteiger partial charge on any atom is -0.372 e. The molecule has 1 fully saturated rings. The van der Waals surface area contributed by atoms with E-state index >= 15 is 0 Å². The molecule has 5 heteroatoms.